The van der Waals surface area contributed by atoms with Gasteiger partial charge in [-0.1, -0.05) is 0 Å². The Morgan fingerprint density at radius 1 is 1.42 bits per heavy atom. The maximum Gasteiger partial charge on any atom is 0.258 e. The van der Waals surface area contributed by atoms with Gasteiger partial charge in [-0.15, -0.1) is 0 Å². The first-order chi connectivity index (χ1) is 8.67. The van der Waals surface area contributed by atoms with Gasteiger partial charge >= 0.3 is 0 Å². The zero-order valence-corrected chi connectivity index (χ0v) is 10.6. The van der Waals surface area contributed by atoms with E-state index in [1.165, 1.54) is 19.1 Å². The Balaban J connectivity index is 2.48. The zero-order chi connectivity index (χ0) is 14.4. The first-order valence-electron chi connectivity index (χ1n) is 5.88. The van der Waals surface area contributed by atoms with Gasteiger partial charge in [0.2, 0.25) is 0 Å². The van der Waals surface area contributed by atoms with E-state index in [0.717, 1.165) is 13.0 Å². The summed E-state index contributed by atoms with van der Waals surface area (Å²) in [6.45, 7) is 2.33. The molecule has 1 saturated heterocycles. The number of hydrogen-bond donors (Lipinski definition) is 2. The van der Waals surface area contributed by atoms with Crippen LogP contribution in [0.1, 0.15) is 25.8 Å². The van der Waals surface area contributed by atoms with E-state index in [4.69, 9.17) is 5.73 Å². The Morgan fingerprint density at radius 3 is 2.68 bits per heavy atom. The topological polar surface area (TPSA) is 55.1 Å². The highest BCUT2D eigenvalue weighted by Gasteiger charge is 2.52. The molecule has 1 fully saturated rings. The van der Waals surface area contributed by atoms with Crippen LogP contribution in [0.2, 0.25) is 0 Å². The summed E-state index contributed by atoms with van der Waals surface area (Å²) < 4.78 is 41.8. The van der Waals surface area contributed by atoms with Crippen molar-refractivity contribution in [1.29, 1.82) is 0 Å². The standard InChI is InChI=1S/C13H15F3N2O/c1-12(16)6-10(15)13(2,18-11(12)19)8-5-7(17)3-4-9(8)14/h3-5,10H,6,17H2,1-2H3,(H,18,19)/t10-,12+,13+/m0/s1. The van der Waals surface area contributed by atoms with Crippen LogP contribution in [-0.4, -0.2) is 17.7 Å². The molecule has 19 heavy (non-hydrogen) atoms. The fraction of sp³-hybridized carbons (Fsp3) is 0.462. The quantitative estimate of drug-likeness (QED) is 0.770. The Bertz CT molecular complexity index is 533. The summed E-state index contributed by atoms with van der Waals surface area (Å²) in [5.74, 6) is -1.65. The maximum absolute atomic E-state index is 14.2. The maximum atomic E-state index is 14.2. The van der Waals surface area contributed by atoms with Crippen LogP contribution in [0, 0.1) is 5.82 Å². The van der Waals surface area contributed by atoms with Crippen LogP contribution in [-0.2, 0) is 10.3 Å². The monoisotopic (exact) mass is 272 g/mol. The number of rotatable bonds is 1. The molecule has 3 N–H and O–H groups in total. The van der Waals surface area contributed by atoms with Gasteiger partial charge in [0, 0.05) is 17.7 Å². The van der Waals surface area contributed by atoms with Crippen molar-refractivity contribution in [2.24, 2.45) is 0 Å². The van der Waals surface area contributed by atoms with Crippen LogP contribution in [0.25, 0.3) is 0 Å². The Labute approximate surface area is 109 Å². The highest BCUT2D eigenvalue weighted by molar-refractivity contribution is 5.86. The number of nitrogen functional groups attached to an aromatic ring is 1. The van der Waals surface area contributed by atoms with Crippen molar-refractivity contribution in [1.82, 2.24) is 5.32 Å². The summed E-state index contributed by atoms with van der Waals surface area (Å²) >= 11 is 0. The largest absolute Gasteiger partial charge is 0.399 e. The molecule has 1 aromatic rings. The van der Waals surface area contributed by atoms with E-state index in [9.17, 15) is 18.0 Å². The van der Waals surface area contributed by atoms with Crippen molar-refractivity contribution in [2.45, 2.75) is 37.6 Å². The van der Waals surface area contributed by atoms with Crippen LogP contribution >= 0.6 is 0 Å². The lowest BCUT2D eigenvalue weighted by Crippen LogP contribution is -2.62. The van der Waals surface area contributed by atoms with Gasteiger partial charge in [0.1, 0.15) is 12.0 Å². The highest BCUT2D eigenvalue weighted by atomic mass is 19.2. The number of carbonyl (C=O) groups excluding carboxylic acids is 1. The summed E-state index contributed by atoms with van der Waals surface area (Å²) in [5.41, 5.74) is 1.80. The smallest absolute Gasteiger partial charge is 0.258 e. The minimum Gasteiger partial charge on any atom is -0.399 e. The molecule has 1 aromatic carbocycles. The lowest BCUT2D eigenvalue weighted by molar-refractivity contribution is -0.142. The minimum absolute atomic E-state index is 0.0798. The summed E-state index contributed by atoms with van der Waals surface area (Å²) in [6, 6.07) is 3.68. The molecular formula is C13H15F3N2O. The molecule has 1 aliphatic heterocycles. The van der Waals surface area contributed by atoms with Gasteiger partial charge in [0.15, 0.2) is 5.67 Å². The number of halogens is 3. The fourth-order valence-electron chi connectivity index (χ4n) is 2.25. The number of nitrogens with two attached hydrogens (primary N) is 1. The molecule has 6 heteroatoms. The Kier molecular flexibility index (Phi) is 2.99. The second-order valence-electron chi connectivity index (χ2n) is 5.26. The number of amides is 1. The van der Waals surface area contributed by atoms with Crippen molar-refractivity contribution in [2.75, 3.05) is 5.73 Å². The molecule has 0 radical (unpaired) electrons. The minimum atomic E-state index is -2.30. The Morgan fingerprint density at radius 2 is 2.05 bits per heavy atom. The van der Waals surface area contributed by atoms with Crippen molar-refractivity contribution in [3.8, 4) is 0 Å². The van der Waals surface area contributed by atoms with Crippen LogP contribution < -0.4 is 11.1 Å². The van der Waals surface area contributed by atoms with E-state index in [0.29, 0.717) is 0 Å². The fourth-order valence-corrected chi connectivity index (χ4v) is 2.25. The summed E-state index contributed by atoms with van der Waals surface area (Å²) in [7, 11) is 0. The molecule has 0 spiro atoms. The molecule has 1 heterocycles. The van der Waals surface area contributed by atoms with Gasteiger partial charge in [0.25, 0.3) is 5.91 Å². The molecule has 1 amide bonds. The molecule has 0 saturated carbocycles. The van der Waals surface area contributed by atoms with Crippen LogP contribution in [0.15, 0.2) is 18.2 Å². The van der Waals surface area contributed by atoms with E-state index in [-0.39, 0.29) is 11.3 Å². The second kappa shape index (κ2) is 4.15. The molecule has 0 aliphatic carbocycles. The SMILES string of the molecule is C[C@@]1(F)C[C@H](F)[C@@](C)(c2cc(N)ccc2F)NC1=O. The van der Waals surface area contributed by atoms with Gasteiger partial charge in [0.05, 0.1) is 5.54 Å². The normalized spacial score (nSPS) is 35.0. The first kappa shape index (κ1) is 13.7. The number of alkyl halides is 2. The lowest BCUT2D eigenvalue weighted by Gasteiger charge is -2.42. The van der Waals surface area contributed by atoms with E-state index in [2.05, 4.69) is 5.32 Å². The third-order valence-corrected chi connectivity index (χ3v) is 3.59. The van der Waals surface area contributed by atoms with E-state index in [1.807, 2.05) is 0 Å². The van der Waals surface area contributed by atoms with Crippen molar-refractivity contribution in [3.05, 3.63) is 29.6 Å². The molecule has 0 aromatic heterocycles. The molecular weight excluding hydrogens is 257 g/mol. The van der Waals surface area contributed by atoms with Crippen molar-refractivity contribution >= 4 is 11.6 Å². The first-order valence-corrected chi connectivity index (χ1v) is 5.88. The number of nitrogens with one attached hydrogen (secondary N) is 1. The van der Waals surface area contributed by atoms with Gasteiger partial charge < -0.3 is 11.1 Å². The number of carbonyl (C=O) groups is 1. The lowest BCUT2D eigenvalue weighted by atomic mass is 9.77. The average Bonchev–Trinajstić information content (AvgIpc) is 2.29. The van der Waals surface area contributed by atoms with Crippen molar-refractivity contribution in [3.63, 3.8) is 0 Å². The summed E-state index contributed by atoms with van der Waals surface area (Å²) in [4.78, 5) is 11.6. The third-order valence-electron chi connectivity index (χ3n) is 3.59. The van der Waals surface area contributed by atoms with Crippen LogP contribution in [0.4, 0.5) is 18.9 Å². The zero-order valence-electron chi connectivity index (χ0n) is 10.6. The molecule has 2 rings (SSSR count). The highest BCUT2D eigenvalue weighted by Crippen LogP contribution is 2.39. The molecule has 1 aliphatic rings. The predicted molar refractivity (Wildman–Crippen MR) is 65.3 cm³/mol. The van der Waals surface area contributed by atoms with Crippen LogP contribution in [0.3, 0.4) is 0 Å². The number of benzene rings is 1. The van der Waals surface area contributed by atoms with Gasteiger partial charge in [-0.2, -0.15) is 0 Å². The molecule has 3 nitrogen and oxygen atoms in total. The van der Waals surface area contributed by atoms with E-state index >= 15 is 0 Å². The predicted octanol–water partition coefficient (Wildman–Crippen LogP) is 2.21. The number of piperidine rings is 1. The molecule has 3 atom stereocenters. The summed E-state index contributed by atoms with van der Waals surface area (Å²) in [6.07, 6.45) is -2.37. The number of anilines is 1. The van der Waals surface area contributed by atoms with Crippen LogP contribution in [0.5, 0.6) is 0 Å². The summed E-state index contributed by atoms with van der Waals surface area (Å²) in [5, 5.41) is 2.23. The van der Waals surface area contributed by atoms with E-state index in [1.54, 1.807) is 0 Å². The third kappa shape index (κ3) is 2.15. The van der Waals surface area contributed by atoms with Gasteiger partial charge in [-0.05, 0) is 32.0 Å². The van der Waals surface area contributed by atoms with Crippen molar-refractivity contribution < 1.29 is 18.0 Å². The molecule has 0 unspecified atom stereocenters. The Hall–Kier alpha value is -1.72. The van der Waals surface area contributed by atoms with Gasteiger partial charge in [-0.3, -0.25) is 4.79 Å². The molecule has 0 bridgehead atoms. The average molecular weight is 272 g/mol. The molecule has 104 valence electrons. The number of hydrogen-bond acceptors (Lipinski definition) is 2. The second-order valence-corrected chi connectivity index (χ2v) is 5.26. The van der Waals surface area contributed by atoms with Gasteiger partial charge in [-0.25, -0.2) is 13.2 Å². The van der Waals surface area contributed by atoms with E-state index < -0.39 is 35.5 Å².